The van der Waals surface area contributed by atoms with Crippen LogP contribution in [0.4, 0.5) is 0 Å². The van der Waals surface area contributed by atoms with Gasteiger partial charge >= 0.3 is 0 Å². The Morgan fingerprint density at radius 3 is 2.60 bits per heavy atom. The summed E-state index contributed by atoms with van der Waals surface area (Å²) in [7, 11) is 0. The molecule has 0 aliphatic carbocycles. The van der Waals surface area contributed by atoms with Crippen LogP contribution in [0, 0.1) is 19.3 Å². The van der Waals surface area contributed by atoms with Gasteiger partial charge in [0.1, 0.15) is 0 Å². The monoisotopic (exact) mass is 437 g/mol. The number of hydrogen-bond donors (Lipinski definition) is 1. The van der Waals surface area contributed by atoms with E-state index < -0.39 is 5.91 Å². The van der Waals surface area contributed by atoms with E-state index in [2.05, 4.69) is 45.9 Å². The zero-order valence-electron chi connectivity index (χ0n) is 17.4. The third-order valence-electron chi connectivity index (χ3n) is 5.08. The number of rotatable bonds is 4. The van der Waals surface area contributed by atoms with Crippen molar-refractivity contribution in [1.29, 1.82) is 5.41 Å². The van der Waals surface area contributed by atoms with Crippen LogP contribution in [-0.2, 0) is 11.2 Å². The average Bonchev–Trinajstić information content (AvgIpc) is 3.25. The summed E-state index contributed by atoms with van der Waals surface area (Å²) in [6.07, 6.45) is 2.76. The fourth-order valence-corrected chi connectivity index (χ4v) is 5.35. The number of amides is 1. The van der Waals surface area contributed by atoms with Gasteiger partial charge in [-0.3, -0.25) is 10.2 Å². The maximum atomic E-state index is 12.7. The minimum Gasteiger partial charge on any atom is -0.318 e. The highest BCUT2D eigenvalue weighted by molar-refractivity contribution is 8.45. The summed E-state index contributed by atoms with van der Waals surface area (Å²) in [4.78, 5) is 16.8. The van der Waals surface area contributed by atoms with Gasteiger partial charge < -0.3 is 4.57 Å². The molecule has 4 rings (SSSR count). The number of fused-ring (bicyclic) bond motifs is 1. The van der Waals surface area contributed by atoms with Gasteiger partial charge in [0.25, 0.3) is 5.91 Å². The van der Waals surface area contributed by atoms with E-state index in [1.165, 1.54) is 22.3 Å². The Morgan fingerprint density at radius 1 is 1.20 bits per heavy atom. The van der Waals surface area contributed by atoms with E-state index in [1.807, 2.05) is 26.8 Å². The summed E-state index contributed by atoms with van der Waals surface area (Å²) in [5.41, 5.74) is 5.62. The number of thioether (sulfide) groups is 2. The molecule has 1 N–H and O–H groups in total. The van der Waals surface area contributed by atoms with Crippen molar-refractivity contribution >= 4 is 50.9 Å². The van der Waals surface area contributed by atoms with Crippen molar-refractivity contribution in [3.05, 3.63) is 58.4 Å². The fraction of sp³-hybridized carbons (Fsp3) is 0.273. The molecule has 1 aromatic heterocycles. The summed E-state index contributed by atoms with van der Waals surface area (Å²) >= 11 is 2.92. The first-order chi connectivity index (χ1) is 14.4. The molecule has 0 spiro atoms. The number of benzene rings is 1. The van der Waals surface area contributed by atoms with Crippen molar-refractivity contribution in [3.63, 3.8) is 0 Å². The zero-order valence-corrected chi connectivity index (χ0v) is 19.0. The summed E-state index contributed by atoms with van der Waals surface area (Å²) in [6, 6.07) is 10.5. The first-order valence-electron chi connectivity index (χ1n) is 9.84. The Labute approximate surface area is 184 Å². The number of nitrogens with one attached hydrogen (secondary N) is 1. The summed E-state index contributed by atoms with van der Waals surface area (Å²) < 4.78 is 2.97. The fourth-order valence-electron chi connectivity index (χ4n) is 3.52. The molecule has 0 radical (unpaired) electrons. The molecule has 6 nitrogen and oxygen atoms in total. The summed E-state index contributed by atoms with van der Waals surface area (Å²) in [5.74, 6) is 0.553. The summed E-state index contributed by atoms with van der Waals surface area (Å²) in [6.45, 7) is 8.25. The van der Waals surface area contributed by atoms with E-state index in [1.54, 1.807) is 17.8 Å². The van der Waals surface area contributed by atoms with Gasteiger partial charge in [0.15, 0.2) is 10.2 Å². The van der Waals surface area contributed by atoms with Crippen LogP contribution in [0.3, 0.4) is 0 Å². The molecule has 3 heterocycles. The summed E-state index contributed by atoms with van der Waals surface area (Å²) in [5, 5.41) is 14.9. The van der Waals surface area contributed by atoms with Crippen LogP contribution in [0.15, 0.2) is 46.0 Å². The average molecular weight is 438 g/mol. The lowest BCUT2D eigenvalue weighted by molar-refractivity contribution is -0.114. The zero-order chi connectivity index (χ0) is 21.4. The lowest BCUT2D eigenvalue weighted by Gasteiger charge is -2.20. The number of aryl methyl sites for hydroxylation is 2. The molecule has 154 valence electrons. The van der Waals surface area contributed by atoms with Crippen molar-refractivity contribution in [1.82, 2.24) is 9.58 Å². The van der Waals surface area contributed by atoms with E-state index in [0.29, 0.717) is 5.17 Å². The predicted octanol–water partition coefficient (Wildman–Crippen LogP) is 4.99. The number of aliphatic imine (C=N–C) groups is 1. The van der Waals surface area contributed by atoms with Crippen LogP contribution < -0.4 is 0 Å². The second kappa shape index (κ2) is 8.28. The van der Waals surface area contributed by atoms with Crippen LogP contribution in [-0.4, -0.2) is 36.6 Å². The number of aromatic nitrogens is 1. The Morgan fingerprint density at radius 2 is 1.93 bits per heavy atom. The van der Waals surface area contributed by atoms with Gasteiger partial charge in [0.2, 0.25) is 5.17 Å². The lowest BCUT2D eigenvalue weighted by atomic mass is 10.1. The first kappa shape index (κ1) is 20.7. The van der Waals surface area contributed by atoms with Crippen molar-refractivity contribution in [2.24, 2.45) is 10.1 Å². The Balaban J connectivity index is 1.70. The molecule has 0 bridgehead atoms. The van der Waals surface area contributed by atoms with Gasteiger partial charge in [-0.1, -0.05) is 37.7 Å². The van der Waals surface area contributed by atoms with E-state index >= 15 is 0 Å². The highest BCUT2D eigenvalue weighted by Crippen LogP contribution is 2.33. The van der Waals surface area contributed by atoms with Crippen molar-refractivity contribution in [3.8, 4) is 5.69 Å². The van der Waals surface area contributed by atoms with Crippen LogP contribution in [0.25, 0.3) is 11.8 Å². The molecule has 0 fully saturated rings. The van der Waals surface area contributed by atoms with Crippen LogP contribution in [0.5, 0.6) is 0 Å². The second-order valence-electron chi connectivity index (χ2n) is 7.00. The molecule has 1 amide bonds. The molecule has 0 atom stereocenters. The van der Waals surface area contributed by atoms with Crippen LogP contribution in [0.2, 0.25) is 0 Å². The number of hydrogen-bond acceptors (Lipinski definition) is 5. The number of carbonyl (C=O) groups excluding carboxylic acids is 1. The third kappa shape index (κ3) is 3.65. The maximum Gasteiger partial charge on any atom is 0.283 e. The molecule has 8 heteroatoms. The lowest BCUT2D eigenvalue weighted by Crippen LogP contribution is -2.35. The maximum absolute atomic E-state index is 12.7. The predicted molar refractivity (Wildman–Crippen MR) is 128 cm³/mol. The van der Waals surface area contributed by atoms with Gasteiger partial charge in [-0.05, 0) is 73.2 Å². The number of amidine groups is 2. The van der Waals surface area contributed by atoms with Gasteiger partial charge in [0.05, 0.1) is 5.57 Å². The van der Waals surface area contributed by atoms with Gasteiger partial charge in [0, 0.05) is 17.1 Å². The Bertz CT molecular complexity index is 1130. The number of nitrogens with zero attached hydrogens (tertiary/aromatic N) is 4. The molecular weight excluding hydrogens is 414 g/mol. The smallest absolute Gasteiger partial charge is 0.283 e. The molecular formula is C22H23N5OS2. The van der Waals surface area contributed by atoms with Gasteiger partial charge in [-0.2, -0.15) is 10.0 Å². The van der Waals surface area contributed by atoms with E-state index in [-0.39, 0.29) is 11.4 Å². The quantitative estimate of drug-likeness (QED) is 0.684. The SMILES string of the molecule is CCSC1=NN2C(=N)C(=Cc3cc(C)n(-c4ccc(CC)cc4)c3C)C(=O)N=C2S1. The normalized spacial score (nSPS) is 17.5. The Kier molecular flexibility index (Phi) is 5.71. The molecule has 1 aromatic carbocycles. The van der Waals surface area contributed by atoms with Crippen molar-refractivity contribution < 1.29 is 4.79 Å². The van der Waals surface area contributed by atoms with Gasteiger partial charge in [-0.25, -0.2) is 0 Å². The molecule has 2 aliphatic rings. The number of hydrazone groups is 1. The minimum absolute atomic E-state index is 0.0707. The molecule has 0 unspecified atom stereocenters. The standard InChI is InChI=1S/C22H23N5OS2/c1-5-15-7-9-17(10-8-15)26-13(3)11-16(14(26)4)12-18-19(23)27-21(24-20(18)28)30-22(25-27)29-6-2/h7-12,23H,5-6H2,1-4H3. The number of carbonyl (C=O) groups is 1. The highest BCUT2D eigenvalue weighted by Gasteiger charge is 2.35. The third-order valence-corrected chi connectivity index (χ3v) is 7.00. The molecule has 30 heavy (non-hydrogen) atoms. The van der Waals surface area contributed by atoms with Crippen LogP contribution >= 0.6 is 23.5 Å². The molecule has 0 saturated carbocycles. The van der Waals surface area contributed by atoms with Crippen LogP contribution in [0.1, 0.15) is 36.4 Å². The Hall–Kier alpha value is -2.58. The van der Waals surface area contributed by atoms with Gasteiger partial charge in [-0.15, -0.1) is 5.10 Å². The molecule has 0 saturated heterocycles. The van der Waals surface area contributed by atoms with Crippen molar-refractivity contribution in [2.45, 2.75) is 34.1 Å². The van der Waals surface area contributed by atoms with Crippen molar-refractivity contribution in [2.75, 3.05) is 5.75 Å². The first-order valence-corrected chi connectivity index (χ1v) is 11.6. The van der Waals surface area contributed by atoms with E-state index in [0.717, 1.165) is 39.2 Å². The van der Waals surface area contributed by atoms with E-state index in [9.17, 15) is 4.79 Å². The van der Waals surface area contributed by atoms with E-state index in [4.69, 9.17) is 5.41 Å². The minimum atomic E-state index is -0.395. The molecule has 2 aromatic rings. The largest absolute Gasteiger partial charge is 0.318 e. The topological polar surface area (TPSA) is 73.8 Å². The highest BCUT2D eigenvalue weighted by atomic mass is 32.2. The molecule has 2 aliphatic heterocycles. The second-order valence-corrected chi connectivity index (χ2v) is 9.47.